The Balaban J connectivity index is 1.97. The van der Waals surface area contributed by atoms with Crippen LogP contribution < -0.4 is 11.1 Å². The first-order valence-corrected chi connectivity index (χ1v) is 8.78. The van der Waals surface area contributed by atoms with Crippen LogP contribution in [0, 0.1) is 11.6 Å². The molecule has 6 nitrogen and oxygen atoms in total. The standard InChI is InChI=1S/C18H14ClF5N4O2/c1-17(6-13(18(22,23)24)30-16(25)28-17)10-4-9(5-11(20)14(10)21)27-15(29)12-3-2-8(19)7-26-12/h2-5,7,13H,6H2,1H3,(H2,25,28)(H,27,29). The second-order valence-corrected chi connectivity index (χ2v) is 7.15. The topological polar surface area (TPSA) is 89.6 Å². The van der Waals surface area contributed by atoms with Gasteiger partial charge in [-0.15, -0.1) is 0 Å². The van der Waals surface area contributed by atoms with Crippen LogP contribution in [0.3, 0.4) is 0 Å². The monoisotopic (exact) mass is 448 g/mol. The fourth-order valence-electron chi connectivity index (χ4n) is 2.97. The summed E-state index contributed by atoms with van der Waals surface area (Å²) in [5.74, 6) is -3.58. The maximum atomic E-state index is 14.5. The number of rotatable bonds is 3. The van der Waals surface area contributed by atoms with E-state index in [1.807, 2.05) is 0 Å². The van der Waals surface area contributed by atoms with Crippen LogP contribution in [0.25, 0.3) is 0 Å². The number of nitrogens with zero attached hydrogens (tertiary/aromatic N) is 2. The lowest BCUT2D eigenvalue weighted by molar-refractivity contribution is -0.208. The second-order valence-electron chi connectivity index (χ2n) is 6.71. The fraction of sp³-hybridized carbons (Fsp3) is 0.278. The van der Waals surface area contributed by atoms with E-state index in [0.29, 0.717) is 6.07 Å². The molecule has 1 amide bonds. The Hall–Kier alpha value is -2.95. The van der Waals surface area contributed by atoms with Crippen LogP contribution in [-0.2, 0) is 10.3 Å². The highest BCUT2D eigenvalue weighted by molar-refractivity contribution is 6.30. The van der Waals surface area contributed by atoms with Crippen molar-refractivity contribution in [2.75, 3.05) is 5.32 Å². The number of pyridine rings is 1. The van der Waals surface area contributed by atoms with Crippen molar-refractivity contribution in [2.45, 2.75) is 31.2 Å². The van der Waals surface area contributed by atoms with Crippen LogP contribution in [0.15, 0.2) is 35.5 Å². The minimum absolute atomic E-state index is 0.0673. The zero-order valence-corrected chi connectivity index (χ0v) is 16.0. The number of amides is 1. The number of hydrogen-bond acceptors (Lipinski definition) is 5. The van der Waals surface area contributed by atoms with Crippen LogP contribution >= 0.6 is 11.6 Å². The average molecular weight is 449 g/mol. The van der Waals surface area contributed by atoms with Gasteiger partial charge in [-0.1, -0.05) is 11.6 Å². The van der Waals surface area contributed by atoms with Gasteiger partial charge in [0.25, 0.3) is 11.9 Å². The number of hydrogen-bond donors (Lipinski definition) is 2. The number of halogens is 6. The number of aliphatic imine (C=N–C) groups is 1. The molecule has 2 heterocycles. The first kappa shape index (κ1) is 21.8. The Morgan fingerprint density at radius 2 is 2.03 bits per heavy atom. The number of anilines is 1. The van der Waals surface area contributed by atoms with Gasteiger partial charge in [0, 0.05) is 29.9 Å². The van der Waals surface area contributed by atoms with E-state index >= 15 is 0 Å². The number of carbonyl (C=O) groups is 1. The molecule has 1 aromatic carbocycles. The van der Waals surface area contributed by atoms with Crippen molar-refractivity contribution in [3.63, 3.8) is 0 Å². The average Bonchev–Trinajstić information content (AvgIpc) is 2.63. The smallest absolute Gasteiger partial charge is 0.425 e. The third kappa shape index (κ3) is 4.45. The predicted octanol–water partition coefficient (Wildman–Crippen LogP) is 4.15. The van der Waals surface area contributed by atoms with E-state index in [9.17, 15) is 26.7 Å². The Morgan fingerprint density at radius 1 is 1.33 bits per heavy atom. The molecule has 0 bridgehead atoms. The molecule has 0 fully saturated rings. The van der Waals surface area contributed by atoms with Crippen molar-refractivity contribution in [2.24, 2.45) is 10.7 Å². The lowest BCUT2D eigenvalue weighted by Crippen LogP contribution is -2.46. The molecule has 30 heavy (non-hydrogen) atoms. The van der Waals surface area contributed by atoms with E-state index in [0.717, 1.165) is 13.0 Å². The molecule has 3 N–H and O–H groups in total. The first-order valence-electron chi connectivity index (χ1n) is 8.40. The molecule has 2 atom stereocenters. The predicted molar refractivity (Wildman–Crippen MR) is 98.1 cm³/mol. The van der Waals surface area contributed by atoms with Crippen molar-refractivity contribution >= 4 is 29.2 Å². The minimum Gasteiger partial charge on any atom is -0.452 e. The van der Waals surface area contributed by atoms with Gasteiger partial charge < -0.3 is 15.8 Å². The molecular formula is C18H14ClF5N4O2. The highest BCUT2D eigenvalue weighted by Gasteiger charge is 2.50. The Labute approximate surface area is 171 Å². The third-order valence-corrected chi connectivity index (χ3v) is 4.62. The number of alkyl halides is 3. The van der Waals surface area contributed by atoms with Gasteiger partial charge in [0.05, 0.1) is 10.6 Å². The summed E-state index contributed by atoms with van der Waals surface area (Å²) in [5.41, 5.74) is 2.65. The van der Waals surface area contributed by atoms with Crippen LogP contribution in [0.4, 0.5) is 27.6 Å². The van der Waals surface area contributed by atoms with Crippen LogP contribution in [0.1, 0.15) is 29.4 Å². The number of amidine groups is 1. The van der Waals surface area contributed by atoms with Crippen LogP contribution in [-0.4, -0.2) is 29.2 Å². The summed E-state index contributed by atoms with van der Waals surface area (Å²) in [4.78, 5) is 19.8. The minimum atomic E-state index is -4.80. The van der Waals surface area contributed by atoms with Gasteiger partial charge in [-0.2, -0.15) is 13.2 Å². The van der Waals surface area contributed by atoms with E-state index in [1.54, 1.807) is 0 Å². The van der Waals surface area contributed by atoms with Crippen molar-refractivity contribution in [3.8, 4) is 0 Å². The van der Waals surface area contributed by atoms with E-state index < -0.39 is 53.4 Å². The summed E-state index contributed by atoms with van der Waals surface area (Å²) in [6.45, 7) is 1.16. The molecule has 1 aliphatic rings. The molecule has 0 saturated heterocycles. The molecule has 2 unspecified atom stereocenters. The zero-order chi connectivity index (χ0) is 22.3. The van der Waals surface area contributed by atoms with Crippen LogP contribution in [0.2, 0.25) is 5.02 Å². The van der Waals surface area contributed by atoms with Crippen LogP contribution in [0.5, 0.6) is 0 Å². The van der Waals surface area contributed by atoms with Crippen molar-refractivity contribution in [3.05, 3.63) is 58.4 Å². The van der Waals surface area contributed by atoms with E-state index in [1.165, 1.54) is 18.3 Å². The molecule has 3 rings (SSSR count). The van der Waals surface area contributed by atoms with Gasteiger partial charge in [-0.05, 0) is 25.1 Å². The maximum absolute atomic E-state index is 14.5. The van der Waals surface area contributed by atoms with E-state index in [2.05, 4.69) is 20.0 Å². The summed E-state index contributed by atoms with van der Waals surface area (Å²) in [7, 11) is 0. The highest BCUT2D eigenvalue weighted by Crippen LogP contribution is 2.41. The third-order valence-electron chi connectivity index (χ3n) is 4.39. The normalized spacial score (nSPS) is 21.6. The molecular weight excluding hydrogens is 435 g/mol. The van der Waals surface area contributed by atoms with Gasteiger partial charge in [0.2, 0.25) is 0 Å². The van der Waals surface area contributed by atoms with E-state index in [-0.39, 0.29) is 16.4 Å². The SMILES string of the molecule is CC1(c2cc(NC(=O)c3ccc(Cl)cn3)cc(F)c2F)CC(C(F)(F)F)OC(N)=N1. The summed E-state index contributed by atoms with van der Waals surface area (Å²) in [6.07, 6.45) is -6.79. The number of aromatic nitrogens is 1. The number of carbonyl (C=O) groups excluding carboxylic acids is 1. The number of ether oxygens (including phenoxy) is 1. The summed E-state index contributed by atoms with van der Waals surface area (Å²) < 4.78 is 72.7. The number of benzene rings is 1. The Morgan fingerprint density at radius 3 is 2.63 bits per heavy atom. The van der Waals surface area contributed by atoms with E-state index in [4.69, 9.17) is 17.3 Å². The van der Waals surface area contributed by atoms with Gasteiger partial charge in [-0.25, -0.2) is 18.8 Å². The fourth-order valence-corrected chi connectivity index (χ4v) is 3.09. The maximum Gasteiger partial charge on any atom is 0.425 e. The molecule has 1 aromatic heterocycles. The van der Waals surface area contributed by atoms with Crippen molar-refractivity contribution in [1.29, 1.82) is 0 Å². The summed E-state index contributed by atoms with van der Waals surface area (Å²) in [5, 5.41) is 2.59. The molecule has 160 valence electrons. The second kappa shape index (κ2) is 7.71. The molecule has 0 spiro atoms. The highest BCUT2D eigenvalue weighted by atomic mass is 35.5. The number of nitrogens with two attached hydrogens (primary N) is 1. The molecule has 2 aromatic rings. The van der Waals surface area contributed by atoms with Crippen molar-refractivity contribution in [1.82, 2.24) is 4.98 Å². The molecule has 1 aliphatic heterocycles. The molecule has 0 saturated carbocycles. The Kier molecular flexibility index (Phi) is 5.59. The molecule has 0 aliphatic carbocycles. The first-order chi connectivity index (χ1) is 13.9. The zero-order valence-electron chi connectivity index (χ0n) is 15.2. The quantitative estimate of drug-likeness (QED) is 0.690. The van der Waals surface area contributed by atoms with Crippen molar-refractivity contribution < 1.29 is 31.5 Å². The largest absolute Gasteiger partial charge is 0.452 e. The lowest BCUT2D eigenvalue weighted by Gasteiger charge is -2.36. The van der Waals surface area contributed by atoms with Gasteiger partial charge >= 0.3 is 6.18 Å². The van der Waals surface area contributed by atoms with Gasteiger partial charge in [0.1, 0.15) is 5.69 Å². The van der Waals surface area contributed by atoms with Gasteiger partial charge in [0.15, 0.2) is 17.7 Å². The summed E-state index contributed by atoms with van der Waals surface area (Å²) >= 11 is 5.69. The molecule has 0 radical (unpaired) electrons. The lowest BCUT2D eigenvalue weighted by atomic mass is 9.85. The van der Waals surface area contributed by atoms with Gasteiger partial charge in [-0.3, -0.25) is 4.79 Å². The molecule has 12 heteroatoms. The summed E-state index contributed by atoms with van der Waals surface area (Å²) in [6, 6.07) is 3.56. The number of nitrogens with one attached hydrogen (secondary N) is 1. The Bertz CT molecular complexity index is 1010.